The minimum atomic E-state index is 0.155. The maximum Gasteiger partial charge on any atom is -0.00376 e. The van der Waals surface area contributed by atoms with Crippen molar-refractivity contribution in [2.24, 2.45) is 0 Å². The van der Waals surface area contributed by atoms with Crippen LogP contribution in [0, 0.1) is 0 Å². The van der Waals surface area contributed by atoms with Gasteiger partial charge in [-0.3, -0.25) is 0 Å². The van der Waals surface area contributed by atoms with Crippen molar-refractivity contribution in [2.45, 2.75) is 32.1 Å². The number of hydrogen-bond donors (Lipinski definition) is 0. The lowest BCUT2D eigenvalue weighted by molar-refractivity contribution is 0.436. The van der Waals surface area contributed by atoms with Gasteiger partial charge in [-0.05, 0) is 22.5 Å². The third-order valence-corrected chi connectivity index (χ3v) is 3.90. The van der Waals surface area contributed by atoms with Gasteiger partial charge >= 0.3 is 0 Å². The quantitative estimate of drug-likeness (QED) is 0.704. The molecule has 0 aromatic heterocycles. The zero-order chi connectivity index (χ0) is 12.3. The Labute approximate surface area is 104 Å². The Bertz CT molecular complexity index is 454. The van der Waals surface area contributed by atoms with E-state index in [1.54, 1.807) is 0 Å². The van der Waals surface area contributed by atoms with Gasteiger partial charge in [0, 0.05) is 0 Å². The molecule has 17 heavy (non-hydrogen) atoms. The Kier molecular flexibility index (Phi) is 3.33. The number of benzene rings is 2. The minimum Gasteiger partial charge on any atom is -0.0622 e. The predicted molar refractivity (Wildman–Crippen MR) is 74.3 cm³/mol. The monoisotopic (exact) mass is 224 g/mol. The third kappa shape index (κ3) is 2.41. The second-order valence-corrected chi connectivity index (χ2v) is 5.22. The smallest absolute Gasteiger partial charge is 0.00376 e. The summed E-state index contributed by atoms with van der Waals surface area (Å²) in [5.74, 6) is 0.506. The van der Waals surface area contributed by atoms with Crippen molar-refractivity contribution in [3.8, 4) is 0 Å². The summed E-state index contributed by atoms with van der Waals surface area (Å²) in [5.41, 5.74) is 2.96. The largest absolute Gasteiger partial charge is 0.0622 e. The molecular weight excluding hydrogens is 204 g/mol. The SMILES string of the molecule is C[C@H](c1ccccc1)C(C)(C)c1ccccc1. The Morgan fingerprint density at radius 1 is 0.765 bits per heavy atom. The van der Waals surface area contributed by atoms with Crippen LogP contribution in [0.1, 0.15) is 37.8 Å². The highest BCUT2D eigenvalue weighted by Crippen LogP contribution is 2.37. The molecule has 0 spiro atoms. The molecule has 0 N–H and O–H groups in total. The second-order valence-electron chi connectivity index (χ2n) is 5.22. The molecule has 0 saturated heterocycles. The molecule has 0 amide bonds. The zero-order valence-electron chi connectivity index (χ0n) is 10.9. The van der Waals surface area contributed by atoms with Gasteiger partial charge in [0.05, 0.1) is 0 Å². The summed E-state index contributed by atoms with van der Waals surface area (Å²) >= 11 is 0. The molecule has 0 nitrogen and oxygen atoms in total. The summed E-state index contributed by atoms with van der Waals surface area (Å²) in [5, 5.41) is 0. The van der Waals surface area contributed by atoms with Gasteiger partial charge in [-0.15, -0.1) is 0 Å². The van der Waals surface area contributed by atoms with E-state index in [2.05, 4.69) is 81.4 Å². The van der Waals surface area contributed by atoms with Gasteiger partial charge in [0.15, 0.2) is 0 Å². The summed E-state index contributed by atoms with van der Waals surface area (Å²) in [6.45, 7) is 6.95. The maximum absolute atomic E-state index is 2.32. The van der Waals surface area contributed by atoms with Gasteiger partial charge in [-0.2, -0.15) is 0 Å². The molecule has 0 heteroatoms. The molecule has 0 fully saturated rings. The molecule has 2 aromatic carbocycles. The first-order chi connectivity index (χ1) is 8.12. The summed E-state index contributed by atoms with van der Waals surface area (Å²) in [6.07, 6.45) is 0. The van der Waals surface area contributed by atoms with Crippen molar-refractivity contribution < 1.29 is 0 Å². The third-order valence-electron chi connectivity index (χ3n) is 3.90. The molecule has 0 unspecified atom stereocenters. The molecular formula is C17H20. The predicted octanol–water partition coefficient (Wildman–Crippen LogP) is 4.77. The highest BCUT2D eigenvalue weighted by atomic mass is 14.3. The van der Waals surface area contributed by atoms with Crippen LogP contribution < -0.4 is 0 Å². The molecule has 2 rings (SSSR count). The van der Waals surface area contributed by atoms with Crippen molar-refractivity contribution >= 4 is 0 Å². The van der Waals surface area contributed by atoms with E-state index in [4.69, 9.17) is 0 Å². The van der Waals surface area contributed by atoms with Crippen LogP contribution >= 0.6 is 0 Å². The van der Waals surface area contributed by atoms with E-state index in [-0.39, 0.29) is 5.41 Å². The second kappa shape index (κ2) is 4.75. The van der Waals surface area contributed by atoms with Crippen LogP contribution in [0.2, 0.25) is 0 Å². The van der Waals surface area contributed by atoms with Crippen LogP contribution in [-0.4, -0.2) is 0 Å². The minimum absolute atomic E-state index is 0.155. The van der Waals surface area contributed by atoms with E-state index < -0.39 is 0 Å². The topological polar surface area (TPSA) is 0 Å². The van der Waals surface area contributed by atoms with Gasteiger partial charge in [0.1, 0.15) is 0 Å². The lowest BCUT2D eigenvalue weighted by Gasteiger charge is -2.33. The van der Waals surface area contributed by atoms with Crippen molar-refractivity contribution in [1.29, 1.82) is 0 Å². The lowest BCUT2D eigenvalue weighted by Crippen LogP contribution is -2.24. The highest BCUT2D eigenvalue weighted by Gasteiger charge is 2.28. The number of rotatable bonds is 3. The summed E-state index contributed by atoms with van der Waals surface area (Å²) < 4.78 is 0. The van der Waals surface area contributed by atoms with Crippen molar-refractivity contribution in [3.05, 3.63) is 71.8 Å². The maximum atomic E-state index is 2.32. The average molecular weight is 224 g/mol. The van der Waals surface area contributed by atoms with E-state index in [1.165, 1.54) is 11.1 Å². The summed E-state index contributed by atoms with van der Waals surface area (Å²) in [6, 6.07) is 21.5. The van der Waals surface area contributed by atoms with Gasteiger partial charge < -0.3 is 0 Å². The molecule has 0 aliphatic carbocycles. The molecule has 0 saturated carbocycles. The Morgan fingerprint density at radius 3 is 1.76 bits per heavy atom. The molecule has 2 aromatic rings. The molecule has 0 heterocycles. The van der Waals surface area contributed by atoms with Crippen LogP contribution in [0.3, 0.4) is 0 Å². The summed E-state index contributed by atoms with van der Waals surface area (Å²) in [7, 11) is 0. The lowest BCUT2D eigenvalue weighted by atomic mass is 9.71. The van der Waals surface area contributed by atoms with Crippen LogP contribution in [0.4, 0.5) is 0 Å². The Balaban J connectivity index is 2.33. The van der Waals surface area contributed by atoms with Crippen LogP contribution in [0.25, 0.3) is 0 Å². The highest BCUT2D eigenvalue weighted by molar-refractivity contribution is 5.31. The van der Waals surface area contributed by atoms with Crippen LogP contribution in [0.5, 0.6) is 0 Å². The molecule has 0 aliphatic heterocycles. The van der Waals surface area contributed by atoms with Crippen molar-refractivity contribution in [1.82, 2.24) is 0 Å². The first-order valence-electron chi connectivity index (χ1n) is 6.23. The summed E-state index contributed by atoms with van der Waals surface area (Å²) in [4.78, 5) is 0. The first-order valence-corrected chi connectivity index (χ1v) is 6.23. The zero-order valence-corrected chi connectivity index (χ0v) is 10.9. The fraction of sp³-hybridized carbons (Fsp3) is 0.294. The molecule has 0 aliphatic rings. The van der Waals surface area contributed by atoms with Gasteiger partial charge in [0.25, 0.3) is 0 Å². The molecule has 0 bridgehead atoms. The van der Waals surface area contributed by atoms with E-state index in [1.807, 2.05) is 0 Å². The fourth-order valence-corrected chi connectivity index (χ4v) is 2.28. The van der Waals surface area contributed by atoms with Crippen molar-refractivity contribution in [3.63, 3.8) is 0 Å². The first kappa shape index (κ1) is 11.9. The van der Waals surface area contributed by atoms with E-state index in [0.29, 0.717) is 5.92 Å². The molecule has 1 atom stereocenters. The Morgan fingerprint density at radius 2 is 1.24 bits per heavy atom. The van der Waals surface area contributed by atoms with E-state index >= 15 is 0 Å². The van der Waals surface area contributed by atoms with Crippen LogP contribution in [-0.2, 0) is 5.41 Å². The molecule has 88 valence electrons. The van der Waals surface area contributed by atoms with E-state index in [9.17, 15) is 0 Å². The standard InChI is InChI=1S/C17H20/c1-14(15-10-6-4-7-11-15)17(2,3)16-12-8-5-9-13-16/h4-14H,1-3H3/t14-/m1/s1. The van der Waals surface area contributed by atoms with E-state index in [0.717, 1.165) is 0 Å². The van der Waals surface area contributed by atoms with Gasteiger partial charge in [-0.25, -0.2) is 0 Å². The van der Waals surface area contributed by atoms with Crippen molar-refractivity contribution in [2.75, 3.05) is 0 Å². The number of hydrogen-bond acceptors (Lipinski definition) is 0. The average Bonchev–Trinajstić information content (AvgIpc) is 2.40. The molecule has 0 radical (unpaired) electrons. The normalized spacial score (nSPS) is 13.4. The van der Waals surface area contributed by atoms with Gasteiger partial charge in [0.2, 0.25) is 0 Å². The van der Waals surface area contributed by atoms with Gasteiger partial charge in [-0.1, -0.05) is 81.4 Å². The van der Waals surface area contributed by atoms with Crippen LogP contribution in [0.15, 0.2) is 60.7 Å². The Hall–Kier alpha value is -1.56. The fourth-order valence-electron chi connectivity index (χ4n) is 2.28.